The van der Waals surface area contributed by atoms with E-state index >= 15 is 0 Å². The third-order valence-electron chi connectivity index (χ3n) is 5.51. The second-order valence-electron chi connectivity index (χ2n) is 8.02. The van der Waals surface area contributed by atoms with E-state index in [0.29, 0.717) is 12.1 Å². The van der Waals surface area contributed by atoms with Crippen molar-refractivity contribution in [1.82, 2.24) is 20.5 Å². The van der Waals surface area contributed by atoms with Crippen molar-refractivity contribution >= 4 is 28.2 Å². The first kappa shape index (κ1) is 18.2. The molecular weight excluding hydrogens is 374 g/mol. The van der Waals surface area contributed by atoms with Crippen LogP contribution in [0.15, 0.2) is 72.0 Å². The molecule has 2 aromatic carbocycles. The summed E-state index contributed by atoms with van der Waals surface area (Å²) in [4.78, 5) is 21.7. The number of H-pyrrole nitrogens is 1. The van der Waals surface area contributed by atoms with Gasteiger partial charge in [-0.25, -0.2) is 4.99 Å². The number of aromatic amines is 1. The van der Waals surface area contributed by atoms with Crippen molar-refractivity contribution in [2.75, 3.05) is 0 Å². The van der Waals surface area contributed by atoms with Crippen molar-refractivity contribution in [1.29, 1.82) is 0 Å². The minimum atomic E-state index is -0.486. The molecule has 0 spiro atoms. The first-order valence-corrected chi connectivity index (χ1v) is 9.88. The molecule has 0 saturated heterocycles. The van der Waals surface area contributed by atoms with E-state index in [-0.39, 0.29) is 5.91 Å². The van der Waals surface area contributed by atoms with Crippen molar-refractivity contribution in [2.45, 2.75) is 25.8 Å². The summed E-state index contributed by atoms with van der Waals surface area (Å²) in [6.07, 6.45) is 4.00. The van der Waals surface area contributed by atoms with Gasteiger partial charge in [-0.3, -0.25) is 14.9 Å². The number of aliphatic imine (C=N–C) groups is 1. The van der Waals surface area contributed by atoms with E-state index in [0.717, 1.165) is 39.0 Å². The Bertz CT molecular complexity index is 1270. The maximum Gasteiger partial charge on any atom is 0.266 e. The molecule has 0 radical (unpaired) electrons. The van der Waals surface area contributed by atoms with Crippen LogP contribution in [0.4, 0.5) is 5.69 Å². The van der Waals surface area contributed by atoms with E-state index in [2.05, 4.69) is 25.5 Å². The molecule has 6 nitrogen and oxygen atoms in total. The summed E-state index contributed by atoms with van der Waals surface area (Å²) in [5.41, 5.74) is 5.71. The number of pyridine rings is 1. The summed E-state index contributed by atoms with van der Waals surface area (Å²) in [6, 6.07) is 17.8. The molecule has 2 aromatic heterocycles. The van der Waals surface area contributed by atoms with Gasteiger partial charge < -0.3 is 5.32 Å². The Kier molecular flexibility index (Phi) is 4.20. The van der Waals surface area contributed by atoms with Crippen LogP contribution in [0.5, 0.6) is 0 Å². The molecule has 1 aliphatic heterocycles. The third-order valence-corrected chi connectivity index (χ3v) is 5.51. The van der Waals surface area contributed by atoms with E-state index in [1.165, 1.54) is 0 Å². The zero-order valence-corrected chi connectivity index (χ0v) is 16.8. The normalized spacial score (nSPS) is 13.2. The molecule has 3 heterocycles. The third kappa shape index (κ3) is 3.16. The minimum Gasteiger partial charge on any atom is -0.342 e. The van der Waals surface area contributed by atoms with Gasteiger partial charge in [0.1, 0.15) is 11.4 Å². The molecule has 4 aromatic rings. The number of nitrogens with one attached hydrogen (secondary N) is 2. The van der Waals surface area contributed by atoms with Gasteiger partial charge in [-0.05, 0) is 49.2 Å². The van der Waals surface area contributed by atoms with E-state index < -0.39 is 5.54 Å². The van der Waals surface area contributed by atoms with Gasteiger partial charge in [0.25, 0.3) is 5.91 Å². The van der Waals surface area contributed by atoms with Crippen LogP contribution in [0.1, 0.15) is 25.0 Å². The number of carbonyl (C=O) groups is 1. The molecule has 1 amide bonds. The van der Waals surface area contributed by atoms with Crippen LogP contribution in [0, 0.1) is 0 Å². The zero-order chi connectivity index (χ0) is 20.7. The standard InChI is InChI=1S/C24H21N5O/c1-24(2,17-6-4-3-5-7-17)27-23(30)21-13-16-12-20-18(14-19(16)26-21)22(29-28-20)15-8-10-25-11-9-15/h3-12,14H,13H2,1-2H3,(H,27,30)(H,28,29). The van der Waals surface area contributed by atoms with Crippen LogP contribution in [0.25, 0.3) is 22.2 Å². The lowest BCUT2D eigenvalue weighted by Crippen LogP contribution is -2.44. The summed E-state index contributed by atoms with van der Waals surface area (Å²) in [7, 11) is 0. The van der Waals surface area contributed by atoms with E-state index in [1.807, 2.05) is 68.4 Å². The van der Waals surface area contributed by atoms with Crippen LogP contribution in [-0.2, 0) is 16.8 Å². The predicted molar refractivity (Wildman–Crippen MR) is 118 cm³/mol. The lowest BCUT2D eigenvalue weighted by atomic mass is 9.94. The van der Waals surface area contributed by atoms with E-state index in [9.17, 15) is 4.79 Å². The number of aromatic nitrogens is 3. The lowest BCUT2D eigenvalue weighted by Gasteiger charge is -2.26. The van der Waals surface area contributed by atoms with Crippen molar-refractivity contribution < 1.29 is 4.79 Å². The van der Waals surface area contributed by atoms with Crippen molar-refractivity contribution in [3.8, 4) is 11.3 Å². The fourth-order valence-corrected chi connectivity index (χ4v) is 3.85. The van der Waals surface area contributed by atoms with E-state index in [4.69, 9.17) is 0 Å². The van der Waals surface area contributed by atoms with E-state index in [1.54, 1.807) is 12.4 Å². The fraction of sp³-hybridized carbons (Fsp3) is 0.167. The first-order valence-electron chi connectivity index (χ1n) is 9.88. The Hall–Kier alpha value is -3.80. The topological polar surface area (TPSA) is 83.0 Å². The number of rotatable bonds is 4. The highest BCUT2D eigenvalue weighted by molar-refractivity contribution is 6.41. The van der Waals surface area contributed by atoms with Crippen LogP contribution < -0.4 is 5.32 Å². The fourth-order valence-electron chi connectivity index (χ4n) is 3.85. The summed E-state index contributed by atoms with van der Waals surface area (Å²) < 4.78 is 0. The Morgan fingerprint density at radius 3 is 2.60 bits per heavy atom. The van der Waals surface area contributed by atoms with Gasteiger partial charge in [0, 0.05) is 29.8 Å². The Balaban J connectivity index is 1.44. The number of nitrogens with zero attached hydrogens (tertiary/aromatic N) is 3. The van der Waals surface area contributed by atoms with Crippen molar-refractivity contribution in [3.63, 3.8) is 0 Å². The van der Waals surface area contributed by atoms with Gasteiger partial charge in [-0.1, -0.05) is 30.3 Å². The first-order chi connectivity index (χ1) is 14.5. The molecule has 0 saturated carbocycles. The summed E-state index contributed by atoms with van der Waals surface area (Å²) in [6.45, 7) is 4.00. The number of amides is 1. The molecule has 2 N–H and O–H groups in total. The SMILES string of the molecule is CC(C)(NC(=O)C1=Nc2cc3c(-c4ccncc4)n[nH]c3cc2C1)c1ccccc1. The number of hydrogen-bond donors (Lipinski definition) is 2. The van der Waals surface area contributed by atoms with Gasteiger partial charge in [-0.15, -0.1) is 0 Å². The summed E-state index contributed by atoms with van der Waals surface area (Å²) in [5, 5.41) is 11.7. The molecule has 5 rings (SSSR count). The van der Waals surface area contributed by atoms with Crippen LogP contribution in [0.3, 0.4) is 0 Å². The minimum absolute atomic E-state index is 0.142. The molecule has 0 bridgehead atoms. The highest BCUT2D eigenvalue weighted by atomic mass is 16.2. The maximum absolute atomic E-state index is 13.0. The van der Waals surface area contributed by atoms with Gasteiger partial charge in [0.2, 0.25) is 0 Å². The molecule has 148 valence electrons. The Labute approximate surface area is 174 Å². The average molecular weight is 395 g/mol. The van der Waals surface area contributed by atoms with Crippen LogP contribution in [0.2, 0.25) is 0 Å². The highest BCUT2D eigenvalue weighted by Crippen LogP contribution is 2.35. The monoisotopic (exact) mass is 395 g/mol. The molecule has 0 unspecified atom stereocenters. The predicted octanol–water partition coefficient (Wildman–Crippen LogP) is 4.31. The van der Waals surface area contributed by atoms with Crippen molar-refractivity contribution in [3.05, 3.63) is 78.1 Å². The van der Waals surface area contributed by atoms with Gasteiger partial charge in [0.05, 0.1) is 16.7 Å². The maximum atomic E-state index is 13.0. The summed E-state index contributed by atoms with van der Waals surface area (Å²) in [5.74, 6) is -0.142. The Morgan fingerprint density at radius 2 is 1.83 bits per heavy atom. The van der Waals surface area contributed by atoms with Crippen molar-refractivity contribution in [2.24, 2.45) is 4.99 Å². The molecule has 0 atom stereocenters. The zero-order valence-electron chi connectivity index (χ0n) is 16.8. The molecule has 0 fully saturated rings. The van der Waals surface area contributed by atoms with Crippen LogP contribution >= 0.6 is 0 Å². The molecule has 6 heteroatoms. The molecular formula is C24H21N5O. The molecule has 0 aliphatic carbocycles. The second kappa shape index (κ2) is 6.91. The number of hydrogen-bond acceptors (Lipinski definition) is 4. The van der Waals surface area contributed by atoms with Gasteiger partial charge >= 0.3 is 0 Å². The molecule has 30 heavy (non-hydrogen) atoms. The van der Waals surface area contributed by atoms with Gasteiger partial charge in [0.15, 0.2) is 0 Å². The Morgan fingerprint density at radius 1 is 1.07 bits per heavy atom. The largest absolute Gasteiger partial charge is 0.342 e. The number of fused-ring (bicyclic) bond motifs is 2. The van der Waals surface area contributed by atoms with Gasteiger partial charge in [-0.2, -0.15) is 5.10 Å². The quantitative estimate of drug-likeness (QED) is 0.540. The van der Waals surface area contributed by atoms with Crippen LogP contribution in [-0.4, -0.2) is 26.8 Å². The number of benzene rings is 2. The second-order valence-corrected chi connectivity index (χ2v) is 8.02. The highest BCUT2D eigenvalue weighted by Gasteiger charge is 2.28. The summed E-state index contributed by atoms with van der Waals surface area (Å²) >= 11 is 0. The number of carbonyl (C=O) groups excluding carboxylic acids is 1. The molecule has 1 aliphatic rings. The average Bonchev–Trinajstić information content (AvgIpc) is 3.36. The lowest BCUT2D eigenvalue weighted by molar-refractivity contribution is -0.116. The smallest absolute Gasteiger partial charge is 0.266 e.